The summed E-state index contributed by atoms with van der Waals surface area (Å²) in [5, 5.41) is 9.81. The highest BCUT2D eigenvalue weighted by molar-refractivity contribution is 7.10. The van der Waals surface area contributed by atoms with E-state index in [2.05, 4.69) is 20.2 Å². The highest BCUT2D eigenvalue weighted by Gasteiger charge is 2.21. The zero-order valence-electron chi connectivity index (χ0n) is 13.4. The van der Waals surface area contributed by atoms with Crippen LogP contribution >= 0.6 is 23.1 Å². The Kier molecular flexibility index (Phi) is 5.74. The summed E-state index contributed by atoms with van der Waals surface area (Å²) in [6.45, 7) is 5.55. The third-order valence-electron chi connectivity index (χ3n) is 2.68. The maximum absolute atomic E-state index is 12.2. The minimum absolute atomic E-state index is 0.0415. The van der Waals surface area contributed by atoms with Crippen LogP contribution < -0.4 is 10.6 Å². The van der Waals surface area contributed by atoms with Gasteiger partial charge in [-0.3, -0.25) is 10.1 Å². The van der Waals surface area contributed by atoms with Gasteiger partial charge in [-0.1, -0.05) is 28.2 Å². The van der Waals surface area contributed by atoms with E-state index in [9.17, 15) is 9.59 Å². The Morgan fingerprint density at radius 2 is 1.92 bits per heavy atom. The molecule has 24 heavy (non-hydrogen) atoms. The standard InChI is InChI=1S/C15H17ClN4O3S/c1-15(2,3)23-14(22)18-13-11(19-20-24-13)12(21)17-8-9-4-6-10(16)7-5-9/h4-7H,8H2,1-3H3,(H,17,21)(H,18,22). The number of carbonyl (C=O) groups excluding carboxylic acids is 2. The first-order valence-electron chi connectivity index (χ1n) is 7.09. The summed E-state index contributed by atoms with van der Waals surface area (Å²) in [4.78, 5) is 24.0. The third-order valence-corrected chi connectivity index (χ3v) is 3.58. The lowest BCUT2D eigenvalue weighted by Gasteiger charge is -2.19. The fraction of sp³-hybridized carbons (Fsp3) is 0.333. The molecule has 1 heterocycles. The van der Waals surface area contributed by atoms with Gasteiger partial charge < -0.3 is 10.1 Å². The average molecular weight is 369 g/mol. The number of nitrogens with one attached hydrogen (secondary N) is 2. The first-order chi connectivity index (χ1) is 11.2. The quantitative estimate of drug-likeness (QED) is 0.861. The summed E-state index contributed by atoms with van der Waals surface area (Å²) in [7, 11) is 0. The molecule has 2 rings (SSSR count). The van der Waals surface area contributed by atoms with Crippen LogP contribution in [0.2, 0.25) is 5.02 Å². The van der Waals surface area contributed by atoms with Gasteiger partial charge in [0.15, 0.2) is 10.7 Å². The summed E-state index contributed by atoms with van der Waals surface area (Å²) >= 11 is 6.72. The second kappa shape index (κ2) is 7.59. The normalized spacial score (nSPS) is 11.0. The molecule has 0 unspecified atom stereocenters. The van der Waals surface area contributed by atoms with Gasteiger partial charge in [0.1, 0.15) is 5.60 Å². The summed E-state index contributed by atoms with van der Waals surface area (Å²) in [5.74, 6) is -0.440. The van der Waals surface area contributed by atoms with Crippen LogP contribution in [0.3, 0.4) is 0 Å². The second-order valence-corrected chi connectivity index (χ2v) is 7.08. The molecule has 0 fully saturated rings. The Morgan fingerprint density at radius 1 is 1.25 bits per heavy atom. The number of benzene rings is 1. The fourth-order valence-electron chi connectivity index (χ4n) is 1.69. The zero-order valence-corrected chi connectivity index (χ0v) is 15.0. The lowest BCUT2D eigenvalue weighted by Crippen LogP contribution is -2.28. The number of hydrogen-bond donors (Lipinski definition) is 2. The number of aromatic nitrogens is 2. The third kappa shape index (κ3) is 5.47. The van der Waals surface area contributed by atoms with Gasteiger partial charge in [0, 0.05) is 23.1 Å². The molecule has 1 aromatic carbocycles. The monoisotopic (exact) mass is 368 g/mol. The molecule has 0 bridgehead atoms. The van der Waals surface area contributed by atoms with Crippen LogP contribution in [0.15, 0.2) is 24.3 Å². The molecular formula is C15H17ClN4O3S. The van der Waals surface area contributed by atoms with Crippen molar-refractivity contribution in [3.63, 3.8) is 0 Å². The van der Waals surface area contributed by atoms with Crippen molar-refractivity contribution in [2.24, 2.45) is 0 Å². The molecule has 0 radical (unpaired) electrons. The van der Waals surface area contributed by atoms with Crippen molar-refractivity contribution >= 4 is 40.1 Å². The zero-order chi connectivity index (χ0) is 17.7. The van der Waals surface area contributed by atoms with Crippen LogP contribution in [0.25, 0.3) is 0 Å². The van der Waals surface area contributed by atoms with E-state index < -0.39 is 17.6 Å². The van der Waals surface area contributed by atoms with Crippen molar-refractivity contribution in [3.05, 3.63) is 40.5 Å². The molecule has 0 aliphatic carbocycles. The topological polar surface area (TPSA) is 93.2 Å². The lowest BCUT2D eigenvalue weighted by atomic mass is 10.2. The van der Waals surface area contributed by atoms with E-state index in [1.165, 1.54) is 0 Å². The molecular weight excluding hydrogens is 352 g/mol. The minimum Gasteiger partial charge on any atom is -0.444 e. The van der Waals surface area contributed by atoms with Crippen LogP contribution in [0.1, 0.15) is 36.8 Å². The molecule has 0 atom stereocenters. The van der Waals surface area contributed by atoms with E-state index in [1.807, 2.05) is 12.1 Å². The van der Waals surface area contributed by atoms with Crippen LogP contribution in [0.5, 0.6) is 0 Å². The van der Waals surface area contributed by atoms with Crippen molar-refractivity contribution in [2.75, 3.05) is 5.32 Å². The molecule has 0 saturated carbocycles. The Labute approximate surface area is 148 Å². The highest BCUT2D eigenvalue weighted by atomic mass is 35.5. The van der Waals surface area contributed by atoms with Gasteiger partial charge in [0.25, 0.3) is 5.91 Å². The van der Waals surface area contributed by atoms with Crippen molar-refractivity contribution in [3.8, 4) is 0 Å². The van der Waals surface area contributed by atoms with Crippen molar-refractivity contribution in [1.82, 2.24) is 14.9 Å². The first-order valence-corrected chi connectivity index (χ1v) is 8.25. The molecule has 7 nitrogen and oxygen atoms in total. The SMILES string of the molecule is CC(C)(C)OC(=O)Nc1snnc1C(=O)NCc1ccc(Cl)cc1. The fourth-order valence-corrected chi connectivity index (χ4v) is 2.36. The molecule has 2 aromatic rings. The summed E-state index contributed by atoms with van der Waals surface area (Å²) in [5.41, 5.74) is 0.288. The number of halogens is 1. The number of nitrogens with zero attached hydrogens (tertiary/aromatic N) is 2. The molecule has 2 amide bonds. The highest BCUT2D eigenvalue weighted by Crippen LogP contribution is 2.19. The Bertz CT molecular complexity index is 725. The second-order valence-electron chi connectivity index (χ2n) is 5.89. The number of carbonyl (C=O) groups is 2. The number of hydrogen-bond acceptors (Lipinski definition) is 6. The molecule has 1 aromatic heterocycles. The van der Waals surface area contributed by atoms with Crippen molar-refractivity contribution < 1.29 is 14.3 Å². The Balaban J connectivity index is 1.97. The first kappa shape index (κ1) is 18.2. The van der Waals surface area contributed by atoms with Crippen molar-refractivity contribution in [2.45, 2.75) is 32.9 Å². The van der Waals surface area contributed by atoms with E-state index in [0.717, 1.165) is 17.1 Å². The molecule has 9 heteroatoms. The van der Waals surface area contributed by atoms with Crippen LogP contribution in [0, 0.1) is 0 Å². The van der Waals surface area contributed by atoms with Crippen LogP contribution in [-0.2, 0) is 11.3 Å². The smallest absolute Gasteiger partial charge is 0.412 e. The molecule has 0 spiro atoms. The van der Waals surface area contributed by atoms with Gasteiger partial charge in [-0.15, -0.1) is 5.10 Å². The van der Waals surface area contributed by atoms with Gasteiger partial charge in [-0.25, -0.2) is 4.79 Å². The largest absolute Gasteiger partial charge is 0.444 e. The summed E-state index contributed by atoms with van der Waals surface area (Å²) in [6.07, 6.45) is -0.666. The Hall–Kier alpha value is -2.19. The predicted octanol–water partition coefficient (Wildman–Crippen LogP) is 3.47. The van der Waals surface area contributed by atoms with Gasteiger partial charge in [0.05, 0.1) is 0 Å². The maximum atomic E-state index is 12.2. The van der Waals surface area contributed by atoms with Gasteiger partial charge in [-0.2, -0.15) is 0 Å². The lowest BCUT2D eigenvalue weighted by molar-refractivity contribution is 0.0636. The molecule has 0 saturated heterocycles. The van der Waals surface area contributed by atoms with Gasteiger partial charge >= 0.3 is 6.09 Å². The van der Waals surface area contributed by atoms with Crippen LogP contribution in [0.4, 0.5) is 9.80 Å². The van der Waals surface area contributed by atoms with Crippen LogP contribution in [-0.4, -0.2) is 27.2 Å². The van der Waals surface area contributed by atoms with E-state index in [-0.39, 0.29) is 10.7 Å². The van der Waals surface area contributed by atoms with E-state index in [0.29, 0.717) is 11.6 Å². The van der Waals surface area contributed by atoms with E-state index in [4.69, 9.17) is 16.3 Å². The number of amides is 2. The average Bonchev–Trinajstić information content (AvgIpc) is 2.92. The van der Waals surface area contributed by atoms with Gasteiger partial charge in [0.2, 0.25) is 0 Å². The molecule has 0 aliphatic heterocycles. The maximum Gasteiger partial charge on any atom is 0.412 e. The van der Waals surface area contributed by atoms with Gasteiger partial charge in [-0.05, 0) is 38.5 Å². The predicted molar refractivity (Wildman–Crippen MR) is 92.4 cm³/mol. The number of ether oxygens (including phenoxy) is 1. The Morgan fingerprint density at radius 3 is 2.54 bits per heavy atom. The number of anilines is 1. The van der Waals surface area contributed by atoms with Crippen molar-refractivity contribution in [1.29, 1.82) is 0 Å². The molecule has 128 valence electrons. The molecule has 0 aliphatic rings. The minimum atomic E-state index is -0.666. The number of rotatable bonds is 4. The summed E-state index contributed by atoms with van der Waals surface area (Å²) < 4.78 is 8.85. The molecule has 2 N–H and O–H groups in total. The van der Waals surface area contributed by atoms with E-state index >= 15 is 0 Å². The van der Waals surface area contributed by atoms with E-state index in [1.54, 1.807) is 32.9 Å². The summed E-state index contributed by atoms with van der Waals surface area (Å²) in [6, 6.07) is 7.09.